The van der Waals surface area contributed by atoms with Crippen LogP contribution >= 0.6 is 23.4 Å². The first-order valence-electron chi connectivity index (χ1n) is 5.37. The number of hydrogen-bond acceptors (Lipinski definition) is 8. The van der Waals surface area contributed by atoms with E-state index in [-0.39, 0.29) is 5.95 Å². The van der Waals surface area contributed by atoms with Gasteiger partial charge in [0.05, 0.1) is 5.02 Å². The van der Waals surface area contributed by atoms with E-state index in [9.17, 15) is 0 Å². The summed E-state index contributed by atoms with van der Waals surface area (Å²) in [5, 5.41) is 5.62. The Morgan fingerprint density at radius 1 is 1.20 bits per heavy atom. The molecule has 0 bridgehead atoms. The second-order valence-corrected chi connectivity index (χ2v) is 4.96. The van der Waals surface area contributed by atoms with Crippen LogP contribution < -0.4 is 5.73 Å². The first-order chi connectivity index (χ1) is 9.70. The highest BCUT2D eigenvalue weighted by Crippen LogP contribution is 2.24. The Balaban J connectivity index is 1.92. The third-order valence-corrected chi connectivity index (χ3v) is 3.18. The molecule has 0 spiro atoms. The van der Waals surface area contributed by atoms with Crippen LogP contribution in [0, 0.1) is 0 Å². The fraction of sp³-hybridized carbons (Fsp3) is 0. The molecule has 0 aromatic carbocycles. The predicted molar refractivity (Wildman–Crippen MR) is 72.5 cm³/mol. The summed E-state index contributed by atoms with van der Waals surface area (Å²) in [5.41, 5.74) is 5.66. The highest BCUT2D eigenvalue weighted by Gasteiger charge is 2.09. The van der Waals surface area contributed by atoms with Gasteiger partial charge in [0.15, 0.2) is 0 Å². The van der Waals surface area contributed by atoms with Crippen molar-refractivity contribution >= 4 is 29.3 Å². The number of nitrogens with two attached hydrogens (primary N) is 1. The van der Waals surface area contributed by atoms with E-state index in [0.717, 1.165) is 0 Å². The molecule has 20 heavy (non-hydrogen) atoms. The van der Waals surface area contributed by atoms with Crippen LogP contribution in [-0.4, -0.2) is 34.7 Å². The zero-order chi connectivity index (χ0) is 13.9. The summed E-state index contributed by atoms with van der Waals surface area (Å²) >= 11 is 7.03. The van der Waals surface area contributed by atoms with Crippen molar-refractivity contribution in [3.8, 4) is 5.95 Å². The monoisotopic (exact) mass is 306 g/mol. The van der Waals surface area contributed by atoms with Gasteiger partial charge in [-0.2, -0.15) is 24.7 Å². The quantitative estimate of drug-likeness (QED) is 0.769. The fourth-order valence-electron chi connectivity index (χ4n) is 1.34. The molecule has 0 radical (unpaired) electrons. The van der Waals surface area contributed by atoms with E-state index in [1.54, 1.807) is 18.3 Å². The van der Waals surface area contributed by atoms with Gasteiger partial charge >= 0.3 is 0 Å². The first kappa shape index (κ1) is 12.8. The van der Waals surface area contributed by atoms with Crippen molar-refractivity contribution in [3.05, 3.63) is 36.0 Å². The minimum Gasteiger partial charge on any atom is -0.368 e. The van der Waals surface area contributed by atoms with Gasteiger partial charge < -0.3 is 5.73 Å². The van der Waals surface area contributed by atoms with Crippen LogP contribution in [0.2, 0.25) is 5.02 Å². The predicted octanol–water partition coefficient (Wildman–Crippen LogP) is 1.23. The topological polar surface area (TPSA) is 108 Å². The lowest BCUT2D eigenvalue weighted by Crippen LogP contribution is -2.07. The van der Waals surface area contributed by atoms with E-state index in [0.29, 0.717) is 21.2 Å². The molecule has 0 unspecified atom stereocenters. The van der Waals surface area contributed by atoms with Gasteiger partial charge in [-0.1, -0.05) is 11.6 Å². The molecule has 3 aromatic rings. The molecule has 3 heterocycles. The highest BCUT2D eigenvalue weighted by molar-refractivity contribution is 7.99. The number of rotatable bonds is 3. The Morgan fingerprint density at radius 3 is 2.80 bits per heavy atom. The van der Waals surface area contributed by atoms with Crippen molar-refractivity contribution in [2.45, 2.75) is 10.2 Å². The number of hydrogen-bond donors (Lipinski definition) is 1. The van der Waals surface area contributed by atoms with Crippen molar-refractivity contribution < 1.29 is 0 Å². The Hall–Kier alpha value is -2.26. The summed E-state index contributed by atoms with van der Waals surface area (Å²) in [6.45, 7) is 0. The maximum atomic E-state index is 5.78. The van der Waals surface area contributed by atoms with Crippen LogP contribution in [0.25, 0.3) is 5.95 Å². The average molecular weight is 307 g/mol. The molecule has 0 saturated carbocycles. The van der Waals surface area contributed by atoms with Crippen LogP contribution in [0.1, 0.15) is 0 Å². The maximum absolute atomic E-state index is 5.78. The lowest BCUT2D eigenvalue weighted by Gasteiger charge is -2.03. The third-order valence-electron chi connectivity index (χ3n) is 2.14. The molecule has 10 heteroatoms. The maximum Gasteiger partial charge on any atom is 0.257 e. The summed E-state index contributed by atoms with van der Waals surface area (Å²) in [6, 6.07) is 3.50. The Labute approximate surface area is 122 Å². The summed E-state index contributed by atoms with van der Waals surface area (Å²) in [7, 11) is 0. The molecule has 8 nitrogen and oxygen atoms in total. The molecule has 0 aliphatic carbocycles. The van der Waals surface area contributed by atoms with Gasteiger partial charge in [0.25, 0.3) is 5.95 Å². The largest absolute Gasteiger partial charge is 0.368 e. The van der Waals surface area contributed by atoms with Gasteiger partial charge in [-0.25, -0.2) is 9.97 Å². The zero-order valence-corrected chi connectivity index (χ0v) is 11.5. The lowest BCUT2D eigenvalue weighted by molar-refractivity contribution is 0.762. The van der Waals surface area contributed by atoms with Gasteiger partial charge in [0.1, 0.15) is 17.7 Å². The van der Waals surface area contributed by atoms with E-state index in [4.69, 9.17) is 17.3 Å². The van der Waals surface area contributed by atoms with Crippen molar-refractivity contribution in [2.75, 3.05) is 5.73 Å². The van der Waals surface area contributed by atoms with Gasteiger partial charge in [0, 0.05) is 6.20 Å². The van der Waals surface area contributed by atoms with E-state index in [2.05, 4.69) is 30.0 Å². The third kappa shape index (κ3) is 2.83. The van der Waals surface area contributed by atoms with Crippen LogP contribution in [-0.2, 0) is 0 Å². The SMILES string of the molecule is Nc1nc(Sc2ccc(Cl)cn2)nc(-n2cncn2)n1. The lowest BCUT2D eigenvalue weighted by atomic mass is 10.5. The molecule has 100 valence electrons. The number of nitrogens with zero attached hydrogens (tertiary/aromatic N) is 7. The number of nitrogen functional groups attached to an aromatic ring is 1. The molecule has 2 N–H and O–H groups in total. The number of anilines is 1. The minimum absolute atomic E-state index is 0.0990. The Kier molecular flexibility index (Phi) is 3.44. The second-order valence-electron chi connectivity index (χ2n) is 3.53. The standard InChI is InChI=1S/C10H7ClN8S/c11-6-1-2-7(14-3-6)20-10-17-8(12)16-9(18-10)19-5-13-4-15-19/h1-5H,(H2,12,16,17,18). The van der Waals surface area contributed by atoms with Crippen LogP contribution in [0.4, 0.5) is 5.95 Å². The molecule has 0 aliphatic rings. The Morgan fingerprint density at radius 2 is 2.10 bits per heavy atom. The molecule has 0 saturated heterocycles. The van der Waals surface area contributed by atoms with E-state index < -0.39 is 0 Å². The van der Waals surface area contributed by atoms with Gasteiger partial charge in [0.2, 0.25) is 11.1 Å². The number of aromatic nitrogens is 7. The summed E-state index contributed by atoms with van der Waals surface area (Å²) < 4.78 is 1.40. The summed E-state index contributed by atoms with van der Waals surface area (Å²) in [5.74, 6) is 0.397. The molecule has 0 amide bonds. The van der Waals surface area contributed by atoms with Crippen molar-refractivity contribution in [3.63, 3.8) is 0 Å². The summed E-state index contributed by atoms with van der Waals surface area (Å²) in [4.78, 5) is 20.3. The van der Waals surface area contributed by atoms with Crippen molar-refractivity contribution in [1.82, 2.24) is 34.7 Å². The fourth-order valence-corrected chi connectivity index (χ4v) is 2.14. The van der Waals surface area contributed by atoms with E-state index in [1.807, 2.05) is 0 Å². The Bertz CT molecular complexity index is 715. The average Bonchev–Trinajstić information content (AvgIpc) is 2.95. The van der Waals surface area contributed by atoms with Crippen molar-refractivity contribution in [2.24, 2.45) is 0 Å². The molecular formula is C10H7ClN8S. The van der Waals surface area contributed by atoms with E-state index >= 15 is 0 Å². The molecular weight excluding hydrogens is 300 g/mol. The molecule has 0 fully saturated rings. The van der Waals surface area contributed by atoms with Crippen LogP contribution in [0.15, 0.2) is 41.2 Å². The van der Waals surface area contributed by atoms with Gasteiger partial charge in [-0.05, 0) is 23.9 Å². The van der Waals surface area contributed by atoms with Gasteiger partial charge in [-0.15, -0.1) is 0 Å². The van der Waals surface area contributed by atoms with Gasteiger partial charge in [-0.3, -0.25) is 0 Å². The number of pyridine rings is 1. The molecule has 0 atom stereocenters. The molecule has 3 aromatic heterocycles. The van der Waals surface area contributed by atoms with Crippen LogP contribution in [0.3, 0.4) is 0 Å². The van der Waals surface area contributed by atoms with Crippen molar-refractivity contribution in [1.29, 1.82) is 0 Å². The highest BCUT2D eigenvalue weighted by atomic mass is 35.5. The smallest absolute Gasteiger partial charge is 0.257 e. The normalized spacial score (nSPS) is 10.7. The van der Waals surface area contributed by atoms with E-state index in [1.165, 1.54) is 29.1 Å². The van der Waals surface area contributed by atoms with Crippen LogP contribution in [0.5, 0.6) is 0 Å². The summed E-state index contributed by atoms with van der Waals surface area (Å²) in [6.07, 6.45) is 4.41. The zero-order valence-electron chi connectivity index (χ0n) is 9.88. The second kappa shape index (κ2) is 5.39. The molecule has 0 aliphatic heterocycles. The number of halogens is 1. The first-order valence-corrected chi connectivity index (χ1v) is 6.56. The molecule has 3 rings (SSSR count). The minimum atomic E-state index is 0.0990.